The number of anilines is 1. The summed E-state index contributed by atoms with van der Waals surface area (Å²) in [5.41, 5.74) is 1.92. The van der Waals surface area contributed by atoms with E-state index in [1.165, 1.54) is 30.9 Å². The maximum absolute atomic E-state index is 14.1. The zero-order valence-corrected chi connectivity index (χ0v) is 24.9. The molecule has 0 spiro atoms. The van der Waals surface area contributed by atoms with Crippen molar-refractivity contribution in [1.29, 1.82) is 0 Å². The first kappa shape index (κ1) is 28.8. The Morgan fingerprint density at radius 1 is 1.02 bits per heavy atom. The minimum atomic E-state index is -0.911. The van der Waals surface area contributed by atoms with E-state index in [4.69, 9.17) is 18.9 Å². The number of hydrogen-bond donors (Lipinski definition) is 0. The van der Waals surface area contributed by atoms with Crippen molar-refractivity contribution in [3.05, 3.63) is 79.0 Å². The van der Waals surface area contributed by atoms with E-state index in [1.54, 1.807) is 51.1 Å². The molecule has 3 aromatic rings. The van der Waals surface area contributed by atoms with Crippen LogP contribution < -0.4 is 34.1 Å². The van der Waals surface area contributed by atoms with Gasteiger partial charge in [-0.25, -0.2) is 9.79 Å². The minimum Gasteiger partial charge on any atom is -0.493 e. The molecular formula is C30H30N4O7S. The van der Waals surface area contributed by atoms with Crippen LogP contribution in [0.25, 0.3) is 6.08 Å². The fourth-order valence-electron chi connectivity index (χ4n) is 5.06. The molecule has 12 heteroatoms. The highest BCUT2D eigenvalue weighted by atomic mass is 32.1. The van der Waals surface area contributed by atoms with Crippen LogP contribution >= 0.6 is 11.3 Å². The van der Waals surface area contributed by atoms with Gasteiger partial charge in [0.15, 0.2) is 16.3 Å². The number of amides is 1. The third-order valence-electron chi connectivity index (χ3n) is 7.02. The number of carbonyl (C=O) groups excluding carboxylic acids is 2. The molecule has 11 nitrogen and oxygen atoms in total. The van der Waals surface area contributed by atoms with E-state index in [2.05, 4.69) is 10.1 Å². The lowest BCUT2D eigenvalue weighted by Gasteiger charge is -2.26. The third-order valence-corrected chi connectivity index (χ3v) is 8.02. The van der Waals surface area contributed by atoms with Crippen LogP contribution in [0.1, 0.15) is 32.4 Å². The van der Waals surface area contributed by atoms with Gasteiger partial charge in [-0.3, -0.25) is 14.2 Å². The molecular weight excluding hydrogens is 560 g/mol. The SMILES string of the molecule is CCOC(=O)C1=C(C)N=c2s/c(=C/[C@@H]3C(=O)N(c4ccccc4)N=C3C)c(=O)n2[C@@H]1c1cc(OC)c(OC)c(OC)c1. The number of para-hydroxylation sites is 1. The van der Waals surface area contributed by atoms with E-state index >= 15 is 0 Å². The molecule has 0 saturated heterocycles. The molecule has 0 saturated carbocycles. The summed E-state index contributed by atoms with van der Waals surface area (Å²) in [4.78, 5) is 45.7. The molecule has 2 aliphatic heterocycles. The first-order chi connectivity index (χ1) is 20.2. The van der Waals surface area contributed by atoms with Crippen LogP contribution in [0.2, 0.25) is 0 Å². The standard InChI is InChI=1S/C30H30N4O7S/c1-7-41-29(37)24-17(3)31-30-33(25(24)18-13-21(38-4)26(40-6)22(14-18)39-5)28(36)23(42-30)15-20-16(2)32-34(27(20)35)19-11-9-8-10-12-19/h8-15,20,25H,7H2,1-6H3/b23-15+/t20-,25+/m0/s1. The lowest BCUT2D eigenvalue weighted by Crippen LogP contribution is -2.40. The third kappa shape index (κ3) is 4.87. The number of allylic oxidation sites excluding steroid dienone is 1. The van der Waals surface area contributed by atoms with Crippen molar-refractivity contribution >= 4 is 40.7 Å². The van der Waals surface area contributed by atoms with Crippen molar-refractivity contribution in [3.8, 4) is 17.2 Å². The Balaban J connectivity index is 1.68. The molecule has 2 aromatic carbocycles. The van der Waals surface area contributed by atoms with Crippen molar-refractivity contribution in [2.75, 3.05) is 32.9 Å². The van der Waals surface area contributed by atoms with E-state index in [0.717, 1.165) is 11.3 Å². The maximum atomic E-state index is 14.1. The fourth-order valence-corrected chi connectivity index (χ4v) is 6.11. The average molecular weight is 591 g/mol. The van der Waals surface area contributed by atoms with Crippen LogP contribution in [0.15, 0.2) is 68.6 Å². The summed E-state index contributed by atoms with van der Waals surface area (Å²) in [7, 11) is 4.47. The van der Waals surface area contributed by atoms with Crippen LogP contribution in [-0.4, -0.2) is 50.1 Å². The van der Waals surface area contributed by atoms with E-state index in [-0.39, 0.29) is 18.1 Å². The largest absolute Gasteiger partial charge is 0.493 e. The zero-order chi connectivity index (χ0) is 30.1. The average Bonchev–Trinajstić information content (AvgIpc) is 3.45. The number of fused-ring (bicyclic) bond motifs is 1. The first-order valence-electron chi connectivity index (χ1n) is 13.2. The molecule has 0 unspecified atom stereocenters. The van der Waals surface area contributed by atoms with Gasteiger partial charge in [-0.15, -0.1) is 0 Å². The second-order valence-electron chi connectivity index (χ2n) is 9.49. The Morgan fingerprint density at radius 3 is 2.29 bits per heavy atom. The molecule has 0 aliphatic carbocycles. The van der Waals surface area contributed by atoms with Gasteiger partial charge in [0.1, 0.15) is 5.92 Å². The highest BCUT2D eigenvalue weighted by molar-refractivity contribution is 7.07. The predicted octanol–water partition coefficient (Wildman–Crippen LogP) is 2.81. The van der Waals surface area contributed by atoms with Gasteiger partial charge in [-0.05, 0) is 56.7 Å². The Labute approximate surface area is 245 Å². The van der Waals surface area contributed by atoms with E-state index in [1.807, 2.05) is 18.2 Å². The number of esters is 1. The summed E-state index contributed by atoms with van der Waals surface area (Å²) >= 11 is 1.14. The second-order valence-corrected chi connectivity index (χ2v) is 10.5. The van der Waals surface area contributed by atoms with E-state index in [0.29, 0.717) is 49.2 Å². The summed E-state index contributed by atoms with van der Waals surface area (Å²) < 4.78 is 23.7. The molecule has 1 aromatic heterocycles. The molecule has 3 heterocycles. The van der Waals surface area contributed by atoms with Gasteiger partial charge < -0.3 is 18.9 Å². The van der Waals surface area contributed by atoms with Gasteiger partial charge in [0.25, 0.3) is 11.5 Å². The van der Waals surface area contributed by atoms with Gasteiger partial charge in [-0.2, -0.15) is 10.1 Å². The monoisotopic (exact) mass is 590 g/mol. The van der Waals surface area contributed by atoms with Gasteiger partial charge >= 0.3 is 5.97 Å². The summed E-state index contributed by atoms with van der Waals surface area (Å²) in [6.07, 6.45) is 1.61. The predicted molar refractivity (Wildman–Crippen MR) is 158 cm³/mol. The molecule has 0 bridgehead atoms. The van der Waals surface area contributed by atoms with Crippen molar-refractivity contribution in [1.82, 2.24) is 4.57 Å². The smallest absolute Gasteiger partial charge is 0.338 e. The van der Waals surface area contributed by atoms with Gasteiger partial charge in [0.2, 0.25) is 5.75 Å². The van der Waals surface area contributed by atoms with Gasteiger partial charge in [-0.1, -0.05) is 29.5 Å². The lowest BCUT2D eigenvalue weighted by atomic mass is 9.95. The number of hydrazone groups is 1. The van der Waals surface area contributed by atoms with Crippen LogP contribution in [0.5, 0.6) is 17.2 Å². The number of aromatic nitrogens is 1. The molecule has 1 amide bonds. The second kappa shape index (κ2) is 11.6. The molecule has 0 N–H and O–H groups in total. The van der Waals surface area contributed by atoms with Crippen molar-refractivity contribution < 1.29 is 28.5 Å². The molecule has 5 rings (SSSR count). The van der Waals surface area contributed by atoms with Crippen molar-refractivity contribution in [2.45, 2.75) is 26.8 Å². The minimum absolute atomic E-state index is 0.141. The zero-order valence-electron chi connectivity index (χ0n) is 24.0. The highest BCUT2D eigenvalue weighted by Crippen LogP contribution is 2.42. The molecule has 2 atom stereocenters. The number of thiazole rings is 1. The lowest BCUT2D eigenvalue weighted by molar-refractivity contribution is -0.139. The first-order valence-corrected chi connectivity index (χ1v) is 14.0. The van der Waals surface area contributed by atoms with E-state index < -0.39 is 23.5 Å². The number of ether oxygens (including phenoxy) is 4. The van der Waals surface area contributed by atoms with Crippen molar-refractivity contribution in [2.24, 2.45) is 16.0 Å². The van der Waals surface area contributed by atoms with Crippen LogP contribution in [0.3, 0.4) is 0 Å². The maximum Gasteiger partial charge on any atom is 0.338 e. The van der Waals surface area contributed by atoms with Gasteiger partial charge in [0, 0.05) is 0 Å². The topological polar surface area (TPSA) is 121 Å². The highest BCUT2D eigenvalue weighted by Gasteiger charge is 2.36. The van der Waals surface area contributed by atoms with Crippen LogP contribution in [0.4, 0.5) is 5.69 Å². The Morgan fingerprint density at radius 2 is 1.69 bits per heavy atom. The number of benzene rings is 2. The number of carbonyl (C=O) groups is 2. The Kier molecular flexibility index (Phi) is 7.99. The number of rotatable bonds is 8. The van der Waals surface area contributed by atoms with Gasteiger partial charge in [0.05, 0.1) is 61.2 Å². The van der Waals surface area contributed by atoms with Crippen LogP contribution in [0, 0.1) is 5.92 Å². The van der Waals surface area contributed by atoms with Crippen molar-refractivity contribution in [3.63, 3.8) is 0 Å². The molecule has 0 radical (unpaired) electrons. The fraction of sp³-hybridized carbons (Fsp3) is 0.300. The Bertz CT molecular complexity index is 1780. The molecule has 2 aliphatic rings. The normalized spacial score (nSPS) is 18.4. The number of nitrogens with zero attached hydrogens (tertiary/aromatic N) is 4. The molecule has 42 heavy (non-hydrogen) atoms. The van der Waals surface area contributed by atoms with E-state index in [9.17, 15) is 14.4 Å². The quantitative estimate of drug-likeness (QED) is 0.370. The molecule has 218 valence electrons. The van der Waals surface area contributed by atoms with Crippen LogP contribution in [-0.2, 0) is 14.3 Å². The summed E-state index contributed by atoms with van der Waals surface area (Å²) in [6.45, 7) is 5.30. The number of methoxy groups -OCH3 is 3. The Hall–Kier alpha value is -4.71. The summed E-state index contributed by atoms with van der Waals surface area (Å²) in [5, 5.41) is 5.79. The summed E-state index contributed by atoms with van der Waals surface area (Å²) in [5.74, 6) is -0.523. The number of hydrogen-bond acceptors (Lipinski definition) is 10. The summed E-state index contributed by atoms with van der Waals surface area (Å²) in [6, 6.07) is 11.6. The molecule has 0 fully saturated rings.